The van der Waals surface area contributed by atoms with E-state index >= 15 is 0 Å². The van der Waals surface area contributed by atoms with Crippen molar-refractivity contribution in [3.8, 4) is 0 Å². The van der Waals surface area contributed by atoms with Crippen LogP contribution < -0.4 is 0 Å². The number of aryl methyl sites for hydroxylation is 1. The van der Waals surface area contributed by atoms with Crippen LogP contribution in [0.3, 0.4) is 0 Å². The van der Waals surface area contributed by atoms with Gasteiger partial charge in [-0.2, -0.15) is 0 Å². The van der Waals surface area contributed by atoms with Crippen molar-refractivity contribution in [3.05, 3.63) is 42.0 Å². The zero-order valence-corrected chi connectivity index (χ0v) is 13.1. The van der Waals surface area contributed by atoms with Crippen molar-refractivity contribution in [3.63, 3.8) is 0 Å². The minimum atomic E-state index is -0.924. The Bertz CT molecular complexity index is 626. The van der Waals surface area contributed by atoms with Crippen molar-refractivity contribution in [2.45, 2.75) is 31.3 Å². The van der Waals surface area contributed by atoms with E-state index in [2.05, 4.69) is 26.6 Å². The third-order valence-corrected chi connectivity index (χ3v) is 5.18. The summed E-state index contributed by atoms with van der Waals surface area (Å²) in [7, 11) is -0.924. The van der Waals surface area contributed by atoms with Crippen LogP contribution in [0.5, 0.6) is 0 Å². The lowest BCUT2D eigenvalue weighted by molar-refractivity contribution is 0.228. The van der Waals surface area contributed by atoms with Gasteiger partial charge in [0, 0.05) is 36.7 Å². The zero-order valence-electron chi connectivity index (χ0n) is 12.2. The molecule has 2 heterocycles. The third-order valence-electron chi connectivity index (χ3n) is 3.82. The molecule has 0 amide bonds. The molecule has 0 aliphatic carbocycles. The molecule has 1 atom stereocenters. The highest BCUT2D eigenvalue weighted by molar-refractivity contribution is 7.85. The fourth-order valence-electron chi connectivity index (χ4n) is 2.62. The molecule has 5 nitrogen and oxygen atoms in total. The van der Waals surface area contributed by atoms with Gasteiger partial charge in [0.1, 0.15) is 11.6 Å². The molecule has 1 unspecified atom stereocenters. The largest absolute Gasteiger partial charge is 0.313 e. The average Bonchev–Trinajstić information content (AvgIpc) is 2.95. The monoisotopic (exact) mass is 304 g/mol. The predicted molar refractivity (Wildman–Crippen MR) is 82.4 cm³/mol. The van der Waals surface area contributed by atoms with Gasteiger partial charge in [0.25, 0.3) is 0 Å². The minimum Gasteiger partial charge on any atom is -0.313 e. The Morgan fingerprint density at radius 1 is 1.19 bits per heavy atom. The van der Waals surface area contributed by atoms with Gasteiger partial charge in [-0.25, -0.2) is 0 Å². The number of benzene rings is 1. The Morgan fingerprint density at radius 3 is 2.76 bits per heavy atom. The lowest BCUT2D eigenvalue weighted by atomic mass is 10.3. The van der Waals surface area contributed by atoms with Crippen molar-refractivity contribution in [2.75, 3.05) is 18.8 Å². The second-order valence-corrected chi connectivity index (χ2v) is 6.75. The molecule has 21 heavy (non-hydrogen) atoms. The molecule has 0 spiro atoms. The minimum absolute atomic E-state index is 0.665. The molecule has 3 rings (SSSR count). The molecule has 0 fully saturated rings. The first-order valence-electron chi connectivity index (χ1n) is 7.34. The number of hydrogen-bond donors (Lipinski definition) is 0. The summed E-state index contributed by atoms with van der Waals surface area (Å²) in [6.07, 6.45) is 0.922. The van der Waals surface area contributed by atoms with E-state index in [0.717, 1.165) is 49.1 Å². The fraction of sp³-hybridized carbons (Fsp3) is 0.467. The summed E-state index contributed by atoms with van der Waals surface area (Å²) in [4.78, 5) is 3.22. The number of nitrogens with zero attached hydrogens (tertiary/aromatic N) is 4. The Morgan fingerprint density at radius 2 is 2.00 bits per heavy atom. The van der Waals surface area contributed by atoms with Gasteiger partial charge in [-0.3, -0.25) is 9.11 Å². The maximum Gasteiger partial charge on any atom is 0.147 e. The summed E-state index contributed by atoms with van der Waals surface area (Å²) < 4.78 is 14.4. The molecular weight excluding hydrogens is 284 g/mol. The molecule has 0 radical (unpaired) electrons. The van der Waals surface area contributed by atoms with E-state index in [9.17, 15) is 4.21 Å². The van der Waals surface area contributed by atoms with Gasteiger partial charge in [-0.15, -0.1) is 10.2 Å². The van der Waals surface area contributed by atoms with Crippen molar-refractivity contribution < 1.29 is 4.21 Å². The highest BCUT2D eigenvalue weighted by atomic mass is 32.2. The van der Waals surface area contributed by atoms with Crippen LogP contribution in [0.4, 0.5) is 0 Å². The van der Waals surface area contributed by atoms with Crippen molar-refractivity contribution in [1.29, 1.82) is 0 Å². The first kappa shape index (κ1) is 14.4. The normalized spacial score (nSPS) is 16.6. The zero-order chi connectivity index (χ0) is 14.7. The Labute approximate surface area is 127 Å². The summed E-state index contributed by atoms with van der Waals surface area (Å²) >= 11 is 0. The summed E-state index contributed by atoms with van der Waals surface area (Å²) in [6, 6.07) is 9.67. The van der Waals surface area contributed by atoms with Crippen molar-refractivity contribution in [2.24, 2.45) is 0 Å². The first-order chi connectivity index (χ1) is 10.3. The van der Waals surface area contributed by atoms with Crippen LogP contribution >= 0.6 is 0 Å². The van der Waals surface area contributed by atoms with E-state index in [1.165, 1.54) is 0 Å². The Kier molecular flexibility index (Phi) is 4.45. The molecule has 1 aliphatic rings. The van der Waals surface area contributed by atoms with E-state index in [1.807, 2.05) is 30.3 Å². The summed E-state index contributed by atoms with van der Waals surface area (Å²) in [6.45, 7) is 5.65. The summed E-state index contributed by atoms with van der Waals surface area (Å²) in [5, 5.41) is 8.48. The molecule has 6 heteroatoms. The Balaban J connectivity index is 1.57. The van der Waals surface area contributed by atoms with E-state index in [4.69, 9.17) is 0 Å². The van der Waals surface area contributed by atoms with Crippen LogP contribution in [0.25, 0.3) is 0 Å². The molecule has 0 saturated heterocycles. The van der Waals surface area contributed by atoms with Crippen molar-refractivity contribution in [1.82, 2.24) is 19.7 Å². The van der Waals surface area contributed by atoms with Gasteiger partial charge >= 0.3 is 0 Å². The molecular formula is C15H20N4OS. The second kappa shape index (κ2) is 6.49. The maximum atomic E-state index is 12.2. The van der Waals surface area contributed by atoms with Gasteiger partial charge in [0.05, 0.1) is 17.3 Å². The number of fused-ring (bicyclic) bond motifs is 1. The third kappa shape index (κ3) is 3.22. The van der Waals surface area contributed by atoms with Gasteiger partial charge in [0.2, 0.25) is 0 Å². The number of hydrogen-bond acceptors (Lipinski definition) is 4. The molecule has 2 aromatic rings. The highest BCUT2D eigenvalue weighted by Gasteiger charge is 2.20. The molecule has 0 N–H and O–H groups in total. The highest BCUT2D eigenvalue weighted by Crippen LogP contribution is 2.13. The smallest absolute Gasteiger partial charge is 0.147 e. The van der Waals surface area contributed by atoms with E-state index < -0.39 is 10.8 Å². The lowest BCUT2D eigenvalue weighted by Gasteiger charge is -2.27. The molecule has 0 bridgehead atoms. The van der Waals surface area contributed by atoms with Crippen LogP contribution in [-0.4, -0.2) is 42.7 Å². The van der Waals surface area contributed by atoms with Gasteiger partial charge < -0.3 is 4.57 Å². The van der Waals surface area contributed by atoms with E-state index in [-0.39, 0.29) is 0 Å². The van der Waals surface area contributed by atoms with Gasteiger partial charge in [0.15, 0.2) is 0 Å². The first-order valence-corrected chi connectivity index (χ1v) is 8.66. The SMILES string of the molecule is CCc1nnc2n1CCN(CCS(=O)c1ccccc1)C2. The molecule has 1 aliphatic heterocycles. The molecule has 112 valence electrons. The van der Waals surface area contributed by atoms with Crippen molar-refractivity contribution >= 4 is 10.8 Å². The molecule has 0 saturated carbocycles. The van der Waals surface area contributed by atoms with E-state index in [1.54, 1.807) is 0 Å². The fourth-order valence-corrected chi connectivity index (χ4v) is 3.74. The lowest BCUT2D eigenvalue weighted by Crippen LogP contribution is -2.36. The van der Waals surface area contributed by atoms with Crippen LogP contribution in [0, 0.1) is 0 Å². The summed E-state index contributed by atoms with van der Waals surface area (Å²) in [5.74, 6) is 2.76. The average molecular weight is 304 g/mol. The topological polar surface area (TPSA) is 51.0 Å². The standard InChI is InChI=1S/C15H20N4OS/c1-2-14-16-17-15-12-18(8-9-19(14)15)10-11-21(20)13-6-4-3-5-7-13/h3-7H,2,8-12H2,1H3. The van der Waals surface area contributed by atoms with Crippen LogP contribution in [-0.2, 0) is 30.3 Å². The van der Waals surface area contributed by atoms with E-state index in [0.29, 0.717) is 5.75 Å². The quantitative estimate of drug-likeness (QED) is 0.839. The Hall–Kier alpha value is -1.53. The predicted octanol–water partition coefficient (Wildman–Crippen LogP) is 1.46. The number of aromatic nitrogens is 3. The summed E-state index contributed by atoms with van der Waals surface area (Å²) in [5.41, 5.74) is 0. The van der Waals surface area contributed by atoms with Gasteiger partial charge in [-0.05, 0) is 12.1 Å². The van der Waals surface area contributed by atoms with Crippen LogP contribution in [0.2, 0.25) is 0 Å². The maximum absolute atomic E-state index is 12.2. The van der Waals surface area contributed by atoms with Gasteiger partial charge in [-0.1, -0.05) is 25.1 Å². The number of rotatable bonds is 5. The second-order valence-electron chi connectivity index (χ2n) is 5.18. The van der Waals surface area contributed by atoms with Crippen LogP contribution in [0.15, 0.2) is 35.2 Å². The molecule has 1 aromatic carbocycles. The van der Waals surface area contributed by atoms with Crippen LogP contribution in [0.1, 0.15) is 18.6 Å². The molecule has 1 aromatic heterocycles.